The van der Waals surface area contributed by atoms with Gasteiger partial charge in [0.05, 0.1) is 6.04 Å². The van der Waals surface area contributed by atoms with Crippen LogP contribution >= 0.6 is 0 Å². The van der Waals surface area contributed by atoms with E-state index in [1.807, 2.05) is 0 Å². The highest BCUT2D eigenvalue weighted by Gasteiger charge is 2.36. The van der Waals surface area contributed by atoms with Crippen LogP contribution in [0.2, 0.25) is 0 Å². The van der Waals surface area contributed by atoms with Crippen LogP contribution in [-0.2, 0) is 54.4 Å². The highest BCUT2D eigenvalue weighted by atomic mass is 16.4. The number of hydrogen-bond acceptors (Lipinski definition) is 13. The maximum atomic E-state index is 14.2. The number of unbranched alkanes of at least 4 members (excludes halogenated alkanes) is 1. The van der Waals surface area contributed by atoms with E-state index in [1.54, 1.807) is 85.7 Å². The summed E-state index contributed by atoms with van der Waals surface area (Å²) < 4.78 is 0. The van der Waals surface area contributed by atoms with Gasteiger partial charge in [0.25, 0.3) is 0 Å². The third kappa shape index (κ3) is 26.1. The third-order valence-corrected chi connectivity index (χ3v) is 12.0. The normalized spacial score (nSPS) is 14.8. The van der Waals surface area contributed by atoms with Crippen LogP contribution in [0.15, 0.2) is 35.3 Å². The Bertz CT molecular complexity index is 2100. The van der Waals surface area contributed by atoms with Crippen LogP contribution in [0.1, 0.15) is 126 Å². The number of nitrogens with one attached hydrogen (secondary N) is 8. The van der Waals surface area contributed by atoms with Crippen LogP contribution < -0.4 is 65.5 Å². The van der Waals surface area contributed by atoms with E-state index in [0.717, 1.165) is 0 Å². The molecule has 1 aromatic rings. The lowest BCUT2D eigenvalue weighted by molar-refractivity contribution is -0.143. The van der Waals surface area contributed by atoms with Gasteiger partial charge in [-0.1, -0.05) is 92.1 Å². The maximum Gasteiger partial charge on any atom is 0.326 e. The number of nitrogens with zero attached hydrogens (tertiary/aromatic N) is 1. The molecular weight excluding hydrogens is 987 g/mol. The highest BCUT2D eigenvalue weighted by molar-refractivity contribution is 5.98. The molecular formula is C51H87N13O12. The van der Waals surface area contributed by atoms with E-state index in [4.69, 9.17) is 22.9 Å². The lowest BCUT2D eigenvalue weighted by Crippen LogP contribution is -2.61. The molecule has 428 valence electrons. The van der Waals surface area contributed by atoms with Crippen molar-refractivity contribution < 1.29 is 58.2 Å². The van der Waals surface area contributed by atoms with Crippen molar-refractivity contribution in [1.29, 1.82) is 0 Å². The van der Waals surface area contributed by atoms with Gasteiger partial charge in [0, 0.05) is 19.4 Å². The molecule has 0 radical (unpaired) electrons. The van der Waals surface area contributed by atoms with Gasteiger partial charge in [0.1, 0.15) is 48.3 Å². The fraction of sp³-hybridized carbons (Fsp3) is 0.667. The SMILES string of the molecule is CC(C)C[C@H](NC(=O)[C@H](Cc1ccccc1)NC(=O)[C@H](CCCN=C(N)N)NC(=O)[C@@H](NC(=O)[C@H](CC(C)C)NC(=O)[C@H](CCC(=O)O)NC(=O)[C@H](C)NC(=O)[C@@H](NC(=O)[C@@H](N)CCCCN)C(C)C)C(C)C)C(=O)O. The molecule has 0 heterocycles. The molecule has 0 unspecified atom stereocenters. The monoisotopic (exact) mass is 1070 g/mol. The van der Waals surface area contributed by atoms with Gasteiger partial charge in [-0.25, -0.2) is 4.79 Å². The number of aliphatic imine (C=N–C) groups is 1. The van der Waals surface area contributed by atoms with Crippen molar-refractivity contribution in [2.24, 2.45) is 51.6 Å². The van der Waals surface area contributed by atoms with Gasteiger partial charge < -0.3 is 75.7 Å². The summed E-state index contributed by atoms with van der Waals surface area (Å²) in [6.07, 6.45) is 0.772. The number of carboxylic acids is 2. The summed E-state index contributed by atoms with van der Waals surface area (Å²) in [5, 5.41) is 40.2. The Kier molecular flexibility index (Phi) is 30.6. The summed E-state index contributed by atoms with van der Waals surface area (Å²) in [4.78, 5) is 138. The number of hydrogen-bond donors (Lipinski definition) is 14. The summed E-state index contributed by atoms with van der Waals surface area (Å²) in [5.41, 5.74) is 23.2. The van der Waals surface area contributed by atoms with Crippen LogP contribution in [0.3, 0.4) is 0 Å². The molecule has 8 amide bonds. The zero-order valence-electron chi connectivity index (χ0n) is 45.6. The summed E-state index contributed by atoms with van der Waals surface area (Å²) in [6.45, 7) is 15.5. The fourth-order valence-corrected chi connectivity index (χ4v) is 7.73. The number of aliphatic carboxylic acids is 2. The van der Waals surface area contributed by atoms with Crippen molar-refractivity contribution in [2.45, 2.75) is 181 Å². The molecule has 1 rings (SSSR count). The minimum absolute atomic E-state index is 0.00957. The van der Waals surface area contributed by atoms with E-state index in [2.05, 4.69) is 47.5 Å². The Morgan fingerprint density at radius 2 is 0.974 bits per heavy atom. The van der Waals surface area contributed by atoms with Crippen molar-refractivity contribution >= 4 is 65.2 Å². The van der Waals surface area contributed by atoms with Crippen molar-refractivity contribution in [3.05, 3.63) is 35.9 Å². The van der Waals surface area contributed by atoms with Crippen molar-refractivity contribution in [1.82, 2.24) is 42.5 Å². The smallest absolute Gasteiger partial charge is 0.326 e. The third-order valence-electron chi connectivity index (χ3n) is 12.0. The predicted octanol–water partition coefficient (Wildman–Crippen LogP) is -1.01. The molecule has 0 spiro atoms. The molecule has 18 N–H and O–H groups in total. The number of carbonyl (C=O) groups excluding carboxylic acids is 8. The molecule has 25 heteroatoms. The molecule has 9 atom stereocenters. The van der Waals surface area contributed by atoms with Crippen LogP contribution in [-0.4, -0.2) is 143 Å². The molecule has 76 heavy (non-hydrogen) atoms. The number of rotatable bonds is 36. The van der Waals surface area contributed by atoms with E-state index in [1.165, 1.54) is 6.92 Å². The summed E-state index contributed by atoms with van der Waals surface area (Å²) in [6, 6.07) is -2.74. The van der Waals surface area contributed by atoms with Gasteiger partial charge in [-0.2, -0.15) is 0 Å². The molecule has 0 aliphatic heterocycles. The van der Waals surface area contributed by atoms with Crippen LogP contribution in [0.5, 0.6) is 0 Å². The van der Waals surface area contributed by atoms with Gasteiger partial charge in [-0.15, -0.1) is 0 Å². The highest BCUT2D eigenvalue weighted by Crippen LogP contribution is 2.13. The van der Waals surface area contributed by atoms with E-state index in [0.29, 0.717) is 31.4 Å². The molecule has 0 saturated carbocycles. The molecule has 0 fully saturated rings. The average molecular weight is 1070 g/mol. The van der Waals surface area contributed by atoms with Crippen LogP contribution in [0.25, 0.3) is 0 Å². The topological polar surface area (TPSA) is 424 Å². The van der Waals surface area contributed by atoms with Crippen LogP contribution in [0, 0.1) is 23.7 Å². The number of amides is 8. The van der Waals surface area contributed by atoms with Gasteiger partial charge in [0.2, 0.25) is 47.3 Å². The second kappa shape index (κ2) is 34.6. The molecule has 1 aromatic carbocycles. The molecule has 25 nitrogen and oxygen atoms in total. The molecule has 0 saturated heterocycles. The number of carboxylic acid groups (broad SMARTS) is 2. The standard InChI is InChI=1S/C51H87N13O12/c1-27(2)24-36(60-45(70)35(20-21-39(65)66)58-42(67)31(9)57-48(73)40(29(5)6)63-43(68)33(53)18-13-14-22-52)47(72)64-41(30(7)8)49(74)59-34(19-15-23-56-51(54)55)44(69)61-37(26-32-16-11-10-12-17-32)46(71)62-38(50(75)76)25-28(3)4/h10-12,16-17,27-31,33-38,40-41H,13-15,18-26,52-53H2,1-9H3,(H,57,73)(H,58,67)(H,59,74)(H,60,70)(H,61,69)(H,62,71)(H,63,68)(H,64,72)(H,65,66)(H,75,76)(H4,54,55,56)/t31-,33-,34-,35-,36-,37-,38-,40-,41-/m0/s1. The van der Waals surface area contributed by atoms with E-state index < -0.39 is 138 Å². The first kappa shape index (κ1) is 67.1. The lowest BCUT2D eigenvalue weighted by Gasteiger charge is -2.29. The van der Waals surface area contributed by atoms with Crippen molar-refractivity contribution in [3.63, 3.8) is 0 Å². The van der Waals surface area contributed by atoms with Gasteiger partial charge in [-0.3, -0.25) is 48.1 Å². The number of carbonyl (C=O) groups is 10. The second-order valence-corrected chi connectivity index (χ2v) is 20.6. The quantitative estimate of drug-likeness (QED) is 0.0218. The van der Waals surface area contributed by atoms with Crippen molar-refractivity contribution in [3.8, 4) is 0 Å². The first-order valence-corrected chi connectivity index (χ1v) is 26.0. The minimum Gasteiger partial charge on any atom is -0.481 e. The van der Waals surface area contributed by atoms with Gasteiger partial charge in [0.15, 0.2) is 5.96 Å². The van der Waals surface area contributed by atoms with E-state index in [-0.39, 0.29) is 56.4 Å². The first-order chi connectivity index (χ1) is 35.6. The predicted molar refractivity (Wildman–Crippen MR) is 285 cm³/mol. The Morgan fingerprint density at radius 3 is 1.49 bits per heavy atom. The molecule has 0 aliphatic carbocycles. The lowest BCUT2D eigenvalue weighted by atomic mass is 9.98. The Labute approximate surface area is 446 Å². The van der Waals surface area contributed by atoms with Crippen molar-refractivity contribution in [2.75, 3.05) is 13.1 Å². The zero-order valence-corrected chi connectivity index (χ0v) is 45.6. The Hall–Kier alpha value is -6.89. The molecule has 0 bridgehead atoms. The van der Waals surface area contributed by atoms with Gasteiger partial charge >= 0.3 is 11.9 Å². The maximum absolute atomic E-state index is 14.2. The summed E-state index contributed by atoms with van der Waals surface area (Å²) in [5.74, 6) is -10.5. The number of guanidine groups is 1. The van der Waals surface area contributed by atoms with Crippen LogP contribution in [0.4, 0.5) is 0 Å². The number of nitrogens with two attached hydrogens (primary N) is 4. The van der Waals surface area contributed by atoms with E-state index in [9.17, 15) is 58.2 Å². The first-order valence-electron chi connectivity index (χ1n) is 26.0. The molecule has 0 aromatic heterocycles. The number of benzene rings is 1. The Balaban J connectivity index is 3.44. The minimum atomic E-state index is -1.53. The fourth-order valence-electron chi connectivity index (χ4n) is 7.73. The Morgan fingerprint density at radius 1 is 0.513 bits per heavy atom. The molecule has 0 aliphatic rings. The largest absolute Gasteiger partial charge is 0.481 e. The average Bonchev–Trinajstić information content (AvgIpc) is 3.33. The van der Waals surface area contributed by atoms with E-state index >= 15 is 0 Å². The second-order valence-electron chi connectivity index (χ2n) is 20.6. The summed E-state index contributed by atoms with van der Waals surface area (Å²) >= 11 is 0. The zero-order chi connectivity index (χ0) is 57.8. The van der Waals surface area contributed by atoms with Gasteiger partial charge in [-0.05, 0) is 87.6 Å². The summed E-state index contributed by atoms with van der Waals surface area (Å²) in [7, 11) is 0.